The highest BCUT2D eigenvalue weighted by atomic mass is 32.1. The Morgan fingerprint density at radius 3 is 3.08 bits per heavy atom. The number of halogens is 1. The van der Waals surface area contributed by atoms with Crippen LogP contribution in [0.25, 0.3) is 4.96 Å². The minimum absolute atomic E-state index is 0.0749. The van der Waals surface area contributed by atoms with Crippen molar-refractivity contribution in [1.29, 1.82) is 0 Å². The minimum Gasteiger partial charge on any atom is -0.377 e. The predicted molar refractivity (Wildman–Crippen MR) is 98.8 cm³/mol. The van der Waals surface area contributed by atoms with Gasteiger partial charge in [0.2, 0.25) is 0 Å². The second-order valence-corrected chi connectivity index (χ2v) is 7.45. The Labute approximate surface area is 154 Å². The average Bonchev–Trinajstić information content (AvgIpc) is 3.26. The van der Waals surface area contributed by atoms with E-state index in [2.05, 4.69) is 9.88 Å². The van der Waals surface area contributed by atoms with Gasteiger partial charge in [0.1, 0.15) is 5.82 Å². The Balaban J connectivity index is 1.57. The lowest BCUT2D eigenvalue weighted by Gasteiger charge is -2.25. The predicted octanol–water partition coefficient (Wildman–Crippen LogP) is 3.08. The van der Waals surface area contributed by atoms with Crippen LogP contribution in [0.15, 0.2) is 46.7 Å². The Hall–Kier alpha value is -2.09. The fourth-order valence-corrected chi connectivity index (χ4v) is 4.09. The lowest BCUT2D eigenvalue weighted by molar-refractivity contribution is 0.0674. The molecule has 1 atom stereocenters. The molecular formula is C19H20FN3O2S. The maximum atomic E-state index is 13.5. The van der Waals surface area contributed by atoms with Gasteiger partial charge in [0.25, 0.3) is 5.56 Å². The first kappa shape index (κ1) is 17.3. The van der Waals surface area contributed by atoms with E-state index in [1.54, 1.807) is 28.8 Å². The molecule has 0 bridgehead atoms. The monoisotopic (exact) mass is 373 g/mol. The summed E-state index contributed by atoms with van der Waals surface area (Å²) in [6, 6.07) is 8.20. The van der Waals surface area contributed by atoms with Crippen molar-refractivity contribution in [3.63, 3.8) is 0 Å². The van der Waals surface area contributed by atoms with Crippen LogP contribution < -0.4 is 5.56 Å². The third kappa shape index (κ3) is 4.00. The third-order valence-corrected chi connectivity index (χ3v) is 5.28. The van der Waals surface area contributed by atoms with Gasteiger partial charge in [-0.2, -0.15) is 0 Å². The molecule has 136 valence electrons. The van der Waals surface area contributed by atoms with Crippen LogP contribution in [0.1, 0.15) is 24.1 Å². The number of hydrogen-bond acceptors (Lipinski definition) is 5. The van der Waals surface area contributed by atoms with E-state index in [4.69, 9.17) is 4.74 Å². The summed E-state index contributed by atoms with van der Waals surface area (Å²) in [5, 5.41) is 1.85. The average molecular weight is 373 g/mol. The van der Waals surface area contributed by atoms with Crippen LogP contribution in [-0.4, -0.2) is 33.5 Å². The van der Waals surface area contributed by atoms with Gasteiger partial charge in [-0.05, 0) is 30.5 Å². The molecule has 0 amide bonds. The molecule has 0 spiro atoms. The molecule has 0 saturated carbocycles. The van der Waals surface area contributed by atoms with E-state index in [0.29, 0.717) is 18.1 Å². The van der Waals surface area contributed by atoms with E-state index in [1.165, 1.54) is 17.4 Å². The number of aromatic nitrogens is 2. The highest BCUT2D eigenvalue weighted by Gasteiger charge is 2.20. The standard InChI is InChI=1S/C19H20FN3O2S/c20-15-4-1-3-14(9-15)11-22(13-17-5-2-7-25-17)12-16-10-18(24)23-6-8-26-19(23)21-16/h1,3-4,6,8-10,17H,2,5,7,11-13H2. The van der Waals surface area contributed by atoms with Crippen LogP contribution in [0, 0.1) is 5.82 Å². The number of ether oxygens (including phenoxy) is 1. The number of hydrogen-bond donors (Lipinski definition) is 0. The SMILES string of the molecule is O=c1cc(CN(Cc2cccc(F)c2)CC2CCCO2)nc2sccn12. The Morgan fingerprint density at radius 2 is 2.27 bits per heavy atom. The molecule has 1 aliphatic rings. The van der Waals surface area contributed by atoms with Gasteiger partial charge in [0, 0.05) is 43.9 Å². The summed E-state index contributed by atoms with van der Waals surface area (Å²) in [5.41, 5.74) is 1.55. The normalized spacial score (nSPS) is 17.4. The first-order chi connectivity index (χ1) is 12.7. The topological polar surface area (TPSA) is 46.8 Å². The van der Waals surface area contributed by atoms with Crippen LogP contribution in [0.2, 0.25) is 0 Å². The van der Waals surface area contributed by atoms with E-state index in [1.807, 2.05) is 11.4 Å². The largest absolute Gasteiger partial charge is 0.377 e. The van der Waals surface area contributed by atoms with E-state index >= 15 is 0 Å². The molecular weight excluding hydrogens is 353 g/mol. The number of thiazole rings is 1. The number of nitrogens with zero attached hydrogens (tertiary/aromatic N) is 3. The summed E-state index contributed by atoms with van der Waals surface area (Å²) in [5.74, 6) is -0.240. The van der Waals surface area contributed by atoms with E-state index in [9.17, 15) is 9.18 Å². The molecule has 0 N–H and O–H groups in total. The summed E-state index contributed by atoms with van der Waals surface area (Å²) in [6.45, 7) is 2.64. The number of fused-ring (bicyclic) bond motifs is 1. The zero-order chi connectivity index (χ0) is 17.9. The molecule has 0 radical (unpaired) electrons. The molecule has 4 rings (SSSR count). The Kier molecular flexibility index (Phi) is 5.10. The van der Waals surface area contributed by atoms with Gasteiger partial charge in [-0.1, -0.05) is 12.1 Å². The van der Waals surface area contributed by atoms with Gasteiger partial charge in [-0.25, -0.2) is 9.37 Å². The zero-order valence-corrected chi connectivity index (χ0v) is 15.1. The molecule has 3 aromatic rings. The molecule has 1 aromatic carbocycles. The van der Waals surface area contributed by atoms with Crippen molar-refractivity contribution >= 4 is 16.3 Å². The molecule has 2 aromatic heterocycles. The van der Waals surface area contributed by atoms with Gasteiger partial charge in [0.15, 0.2) is 4.96 Å². The summed E-state index contributed by atoms with van der Waals surface area (Å²) >= 11 is 1.44. The number of benzene rings is 1. The molecule has 26 heavy (non-hydrogen) atoms. The molecule has 1 unspecified atom stereocenters. The number of rotatable bonds is 6. The Bertz CT molecular complexity index is 949. The smallest absolute Gasteiger partial charge is 0.258 e. The van der Waals surface area contributed by atoms with Crippen molar-refractivity contribution in [2.45, 2.75) is 32.0 Å². The van der Waals surface area contributed by atoms with E-state index in [-0.39, 0.29) is 17.5 Å². The summed E-state index contributed by atoms with van der Waals surface area (Å²) in [7, 11) is 0. The highest BCUT2D eigenvalue weighted by Crippen LogP contribution is 2.17. The molecule has 0 aliphatic carbocycles. The van der Waals surface area contributed by atoms with Crippen molar-refractivity contribution in [3.05, 3.63) is 69.3 Å². The first-order valence-corrected chi connectivity index (χ1v) is 9.59. The molecule has 7 heteroatoms. The van der Waals surface area contributed by atoms with Crippen molar-refractivity contribution < 1.29 is 9.13 Å². The summed E-state index contributed by atoms with van der Waals surface area (Å²) in [6.07, 6.45) is 4.00. The Morgan fingerprint density at radius 1 is 1.35 bits per heavy atom. The van der Waals surface area contributed by atoms with Crippen molar-refractivity contribution in [1.82, 2.24) is 14.3 Å². The highest BCUT2D eigenvalue weighted by molar-refractivity contribution is 7.15. The molecule has 3 heterocycles. The van der Waals surface area contributed by atoms with E-state index < -0.39 is 0 Å². The third-order valence-electron chi connectivity index (χ3n) is 4.52. The maximum Gasteiger partial charge on any atom is 0.258 e. The van der Waals surface area contributed by atoms with Crippen LogP contribution in [0.5, 0.6) is 0 Å². The second kappa shape index (κ2) is 7.65. The quantitative estimate of drug-likeness (QED) is 0.666. The zero-order valence-electron chi connectivity index (χ0n) is 14.3. The van der Waals surface area contributed by atoms with E-state index in [0.717, 1.165) is 37.3 Å². The lowest BCUT2D eigenvalue weighted by Crippen LogP contribution is -2.32. The van der Waals surface area contributed by atoms with Gasteiger partial charge in [-0.3, -0.25) is 14.1 Å². The van der Waals surface area contributed by atoms with Gasteiger partial charge in [-0.15, -0.1) is 11.3 Å². The minimum atomic E-state index is -0.240. The molecule has 1 fully saturated rings. The summed E-state index contributed by atoms with van der Waals surface area (Å²) in [4.78, 5) is 19.7. The molecule has 5 nitrogen and oxygen atoms in total. The van der Waals surface area contributed by atoms with Crippen LogP contribution in [-0.2, 0) is 17.8 Å². The fourth-order valence-electron chi connectivity index (χ4n) is 3.35. The fraction of sp³-hybridized carbons (Fsp3) is 0.368. The van der Waals surface area contributed by atoms with Crippen molar-refractivity contribution in [2.75, 3.05) is 13.2 Å². The molecule has 1 saturated heterocycles. The molecule has 1 aliphatic heterocycles. The van der Waals surface area contributed by atoms with Crippen molar-refractivity contribution in [2.24, 2.45) is 0 Å². The van der Waals surface area contributed by atoms with Gasteiger partial charge in [0.05, 0.1) is 11.8 Å². The van der Waals surface area contributed by atoms with Crippen LogP contribution in [0.3, 0.4) is 0 Å². The summed E-state index contributed by atoms with van der Waals surface area (Å²) < 4.78 is 20.9. The second-order valence-electron chi connectivity index (χ2n) is 6.58. The van der Waals surface area contributed by atoms with Gasteiger partial charge < -0.3 is 4.74 Å². The van der Waals surface area contributed by atoms with Crippen molar-refractivity contribution in [3.8, 4) is 0 Å². The van der Waals surface area contributed by atoms with Crippen LogP contribution in [0.4, 0.5) is 4.39 Å². The lowest BCUT2D eigenvalue weighted by atomic mass is 10.1. The maximum absolute atomic E-state index is 13.5. The van der Waals surface area contributed by atoms with Gasteiger partial charge >= 0.3 is 0 Å². The first-order valence-electron chi connectivity index (χ1n) is 8.71. The van der Waals surface area contributed by atoms with Crippen LogP contribution >= 0.6 is 11.3 Å².